The molecule has 0 aliphatic heterocycles. The van der Waals surface area contributed by atoms with E-state index in [9.17, 15) is 0 Å². The summed E-state index contributed by atoms with van der Waals surface area (Å²) >= 11 is 0. The zero-order chi connectivity index (χ0) is 15.7. The first-order chi connectivity index (χ1) is 8.33. The Morgan fingerprint density at radius 2 is 1.20 bits per heavy atom. The van der Waals surface area contributed by atoms with Crippen LogP contribution in [-0.4, -0.2) is 24.8 Å². The molecule has 0 spiro atoms. The Bertz CT molecular complexity index is 283. The number of nitrogens with two attached hydrogens (primary N) is 2. The summed E-state index contributed by atoms with van der Waals surface area (Å²) in [4.78, 5) is 8.19. The summed E-state index contributed by atoms with van der Waals surface area (Å²) in [5.41, 5.74) is 11.4. The van der Waals surface area contributed by atoms with E-state index < -0.39 is 0 Å². The van der Waals surface area contributed by atoms with Crippen LogP contribution in [0, 0.1) is 10.8 Å². The van der Waals surface area contributed by atoms with Crippen molar-refractivity contribution >= 4 is 11.7 Å². The second kappa shape index (κ2) is 10.7. The van der Waals surface area contributed by atoms with Crippen LogP contribution < -0.4 is 11.5 Å². The first-order valence-electron chi connectivity index (χ1n) is 6.86. The molecule has 20 heavy (non-hydrogen) atoms. The van der Waals surface area contributed by atoms with E-state index >= 15 is 0 Å². The standard InChI is InChI=1S/C8H18N2.C7H16N2.CH4/c1-7(9)10-6-5-8(2,3)4;1-6(8)9-5-7(2,3)4;/h5-6H2,1-4H3,(H2,9,10);5H2,1-4H3,(H2,8,9);1H4. The van der Waals surface area contributed by atoms with Crippen molar-refractivity contribution in [3.63, 3.8) is 0 Å². The molecule has 0 fully saturated rings. The highest BCUT2D eigenvalue weighted by atomic mass is 14.8. The van der Waals surface area contributed by atoms with Crippen molar-refractivity contribution < 1.29 is 0 Å². The van der Waals surface area contributed by atoms with E-state index in [0.29, 0.717) is 17.1 Å². The molecule has 0 saturated carbocycles. The normalized spacial score (nSPS) is 13.2. The average molecular weight is 287 g/mol. The molecule has 122 valence electrons. The fourth-order valence-corrected chi connectivity index (χ4v) is 0.930. The number of amidine groups is 2. The molecule has 0 unspecified atom stereocenters. The SMILES string of the molecule is C.CC(N)=NCC(C)(C)C.CC(N)=NCCC(C)(C)C. The summed E-state index contributed by atoms with van der Waals surface area (Å²) in [6.45, 7) is 18.3. The number of hydrogen-bond acceptors (Lipinski definition) is 2. The van der Waals surface area contributed by atoms with Crippen LogP contribution in [0.15, 0.2) is 9.98 Å². The van der Waals surface area contributed by atoms with E-state index in [2.05, 4.69) is 51.5 Å². The molecule has 4 nitrogen and oxygen atoms in total. The molecule has 0 saturated heterocycles. The van der Waals surface area contributed by atoms with Gasteiger partial charge in [-0.1, -0.05) is 49.0 Å². The molecule has 0 aromatic heterocycles. The summed E-state index contributed by atoms with van der Waals surface area (Å²) in [6, 6.07) is 0. The van der Waals surface area contributed by atoms with Gasteiger partial charge in [-0.25, -0.2) is 0 Å². The van der Waals surface area contributed by atoms with Crippen molar-refractivity contribution in [3.05, 3.63) is 0 Å². The first-order valence-corrected chi connectivity index (χ1v) is 6.86. The van der Waals surface area contributed by atoms with Crippen LogP contribution in [0.5, 0.6) is 0 Å². The van der Waals surface area contributed by atoms with E-state index in [1.54, 1.807) is 0 Å². The molecule has 0 radical (unpaired) electrons. The van der Waals surface area contributed by atoms with E-state index in [-0.39, 0.29) is 12.8 Å². The molecule has 0 bridgehead atoms. The molecule has 0 heterocycles. The maximum Gasteiger partial charge on any atom is 0.0905 e. The maximum absolute atomic E-state index is 5.37. The fraction of sp³-hybridized carbons (Fsp3) is 0.875. The van der Waals surface area contributed by atoms with E-state index in [1.807, 2.05) is 13.8 Å². The minimum absolute atomic E-state index is 0. The highest BCUT2D eigenvalue weighted by molar-refractivity contribution is 5.77. The minimum Gasteiger partial charge on any atom is -0.388 e. The molecule has 0 aromatic rings. The van der Waals surface area contributed by atoms with Gasteiger partial charge in [-0.15, -0.1) is 0 Å². The van der Waals surface area contributed by atoms with E-state index in [1.165, 1.54) is 0 Å². The molecule has 0 atom stereocenters. The monoisotopic (exact) mass is 286 g/mol. The van der Waals surface area contributed by atoms with Gasteiger partial charge in [0, 0.05) is 13.1 Å². The molecule has 0 aliphatic rings. The molecule has 0 aliphatic carbocycles. The third-order valence-electron chi connectivity index (χ3n) is 2.03. The Morgan fingerprint density at radius 1 is 0.800 bits per heavy atom. The molecule has 4 heteroatoms. The van der Waals surface area contributed by atoms with Crippen molar-refractivity contribution in [1.82, 2.24) is 0 Å². The smallest absolute Gasteiger partial charge is 0.0905 e. The highest BCUT2D eigenvalue weighted by Crippen LogP contribution is 2.17. The third kappa shape index (κ3) is 30.2. The largest absolute Gasteiger partial charge is 0.388 e. The summed E-state index contributed by atoms with van der Waals surface area (Å²) in [5, 5.41) is 0. The molecule has 0 rings (SSSR count). The van der Waals surface area contributed by atoms with Gasteiger partial charge >= 0.3 is 0 Å². The van der Waals surface area contributed by atoms with Crippen molar-refractivity contribution in [3.8, 4) is 0 Å². The van der Waals surface area contributed by atoms with Gasteiger partial charge in [0.25, 0.3) is 0 Å². The third-order valence-corrected chi connectivity index (χ3v) is 2.03. The highest BCUT2D eigenvalue weighted by Gasteiger charge is 2.08. The summed E-state index contributed by atoms with van der Waals surface area (Å²) in [7, 11) is 0. The summed E-state index contributed by atoms with van der Waals surface area (Å²) < 4.78 is 0. The van der Waals surface area contributed by atoms with Gasteiger partial charge < -0.3 is 11.5 Å². The van der Waals surface area contributed by atoms with Gasteiger partial charge in [-0.2, -0.15) is 0 Å². The van der Waals surface area contributed by atoms with Gasteiger partial charge in [0.2, 0.25) is 0 Å². The van der Waals surface area contributed by atoms with Gasteiger partial charge in [0.15, 0.2) is 0 Å². The lowest BCUT2D eigenvalue weighted by molar-refractivity contribution is 0.385. The molecular formula is C16H38N4. The van der Waals surface area contributed by atoms with E-state index in [0.717, 1.165) is 19.5 Å². The van der Waals surface area contributed by atoms with Gasteiger partial charge in [-0.3, -0.25) is 9.98 Å². The molecule has 4 N–H and O–H groups in total. The quantitative estimate of drug-likeness (QED) is 0.610. The Hall–Kier alpha value is -1.06. The number of rotatable bonds is 3. The first kappa shape index (κ1) is 24.0. The van der Waals surface area contributed by atoms with Crippen molar-refractivity contribution in [2.24, 2.45) is 32.3 Å². The lowest BCUT2D eigenvalue weighted by Crippen LogP contribution is -2.14. The lowest BCUT2D eigenvalue weighted by Gasteiger charge is -2.15. The average Bonchev–Trinajstić information content (AvgIpc) is 2.12. The Kier molecular flexibility index (Phi) is 12.8. The maximum atomic E-state index is 5.37. The van der Waals surface area contributed by atoms with Gasteiger partial charge in [0.1, 0.15) is 0 Å². The Labute approximate surface area is 127 Å². The lowest BCUT2D eigenvalue weighted by atomic mass is 9.92. The second-order valence-electron chi connectivity index (χ2n) is 7.35. The number of nitrogens with zero attached hydrogens (tertiary/aromatic N) is 2. The summed E-state index contributed by atoms with van der Waals surface area (Å²) in [6.07, 6.45) is 1.10. The van der Waals surface area contributed by atoms with Crippen LogP contribution in [0.4, 0.5) is 0 Å². The Morgan fingerprint density at radius 3 is 1.40 bits per heavy atom. The number of aliphatic imine (C=N–C) groups is 2. The van der Waals surface area contributed by atoms with Crippen molar-refractivity contribution in [2.75, 3.05) is 13.1 Å². The predicted octanol–water partition coefficient (Wildman–Crippen LogP) is 3.85. The predicted molar refractivity (Wildman–Crippen MR) is 94.6 cm³/mol. The van der Waals surface area contributed by atoms with Crippen LogP contribution in [0.3, 0.4) is 0 Å². The van der Waals surface area contributed by atoms with Crippen LogP contribution in [0.2, 0.25) is 0 Å². The molecular weight excluding hydrogens is 248 g/mol. The fourth-order valence-electron chi connectivity index (χ4n) is 0.930. The molecule has 0 amide bonds. The van der Waals surface area contributed by atoms with Crippen molar-refractivity contribution in [1.29, 1.82) is 0 Å². The van der Waals surface area contributed by atoms with Crippen LogP contribution in [0.25, 0.3) is 0 Å². The molecule has 0 aromatic carbocycles. The zero-order valence-corrected chi connectivity index (χ0v) is 14.2. The van der Waals surface area contributed by atoms with Crippen LogP contribution in [-0.2, 0) is 0 Å². The van der Waals surface area contributed by atoms with Crippen LogP contribution >= 0.6 is 0 Å². The van der Waals surface area contributed by atoms with Crippen molar-refractivity contribution in [2.45, 2.75) is 69.2 Å². The zero-order valence-electron chi connectivity index (χ0n) is 14.2. The summed E-state index contributed by atoms with van der Waals surface area (Å²) in [5.74, 6) is 1.36. The van der Waals surface area contributed by atoms with E-state index in [4.69, 9.17) is 11.5 Å². The Balaban J connectivity index is -0.000000277. The van der Waals surface area contributed by atoms with Gasteiger partial charge in [0.05, 0.1) is 11.7 Å². The topological polar surface area (TPSA) is 76.8 Å². The van der Waals surface area contributed by atoms with Crippen LogP contribution in [0.1, 0.15) is 69.2 Å². The second-order valence-corrected chi connectivity index (χ2v) is 7.35. The van der Waals surface area contributed by atoms with Gasteiger partial charge in [-0.05, 0) is 31.1 Å². The number of hydrogen-bond donors (Lipinski definition) is 2. The minimum atomic E-state index is 0.